The summed E-state index contributed by atoms with van der Waals surface area (Å²) in [6.07, 6.45) is 6.07. The molecule has 10 heteroatoms. The topological polar surface area (TPSA) is 114 Å². The number of piperazine rings is 1. The number of aromatic nitrogens is 3. The highest BCUT2D eigenvalue weighted by Gasteiger charge is 2.14. The first-order valence-electron chi connectivity index (χ1n) is 9.86. The Morgan fingerprint density at radius 2 is 2.10 bits per heavy atom. The first kappa shape index (κ1) is 20.4. The number of aryl methyl sites for hydroxylation is 1. The maximum Gasteiger partial charge on any atom is 0.292 e. The molecule has 0 spiro atoms. The lowest BCUT2D eigenvalue weighted by molar-refractivity contribution is 0.102. The number of carbonyl (C=O) groups excluding carboxylic acids is 1. The van der Waals surface area contributed by atoms with Gasteiger partial charge in [0.25, 0.3) is 11.9 Å². The van der Waals surface area contributed by atoms with E-state index in [0.29, 0.717) is 10.7 Å². The van der Waals surface area contributed by atoms with Crippen LogP contribution in [0.25, 0.3) is 11.1 Å². The van der Waals surface area contributed by atoms with Crippen LogP contribution in [0.2, 0.25) is 5.02 Å². The highest BCUT2D eigenvalue weighted by Crippen LogP contribution is 2.29. The van der Waals surface area contributed by atoms with Gasteiger partial charge in [0.2, 0.25) is 0 Å². The van der Waals surface area contributed by atoms with Gasteiger partial charge in [0, 0.05) is 44.5 Å². The third-order valence-corrected chi connectivity index (χ3v) is 5.34. The Kier molecular flexibility index (Phi) is 6.32. The van der Waals surface area contributed by atoms with Crippen molar-refractivity contribution in [2.24, 2.45) is 0 Å². The number of nitrogens with zero attached hydrogens (tertiary/aromatic N) is 4. The van der Waals surface area contributed by atoms with E-state index >= 15 is 0 Å². The van der Waals surface area contributed by atoms with E-state index in [1.165, 1.54) is 6.26 Å². The van der Waals surface area contributed by atoms with Gasteiger partial charge in [-0.3, -0.25) is 9.48 Å². The van der Waals surface area contributed by atoms with Crippen LogP contribution in [0.3, 0.4) is 0 Å². The van der Waals surface area contributed by atoms with E-state index in [1.807, 2.05) is 29.2 Å². The zero-order valence-electron chi connectivity index (χ0n) is 16.5. The van der Waals surface area contributed by atoms with Gasteiger partial charge < -0.3 is 25.7 Å². The number of carbonyl (C=O) groups is 1. The van der Waals surface area contributed by atoms with Crippen LogP contribution in [0.15, 0.2) is 41.3 Å². The van der Waals surface area contributed by atoms with Crippen LogP contribution >= 0.6 is 11.6 Å². The van der Waals surface area contributed by atoms with E-state index < -0.39 is 5.91 Å². The number of anilines is 2. The van der Waals surface area contributed by atoms with Gasteiger partial charge in [0.15, 0.2) is 5.69 Å². The van der Waals surface area contributed by atoms with Crippen LogP contribution in [-0.2, 0) is 6.54 Å². The van der Waals surface area contributed by atoms with Crippen molar-refractivity contribution in [2.75, 3.05) is 43.8 Å². The number of benzene rings is 1. The molecule has 0 atom stereocenters. The van der Waals surface area contributed by atoms with Crippen molar-refractivity contribution in [3.8, 4) is 11.1 Å². The highest BCUT2D eigenvalue weighted by molar-refractivity contribution is 6.34. The van der Waals surface area contributed by atoms with Gasteiger partial charge in [-0.15, -0.1) is 0 Å². The van der Waals surface area contributed by atoms with E-state index in [0.717, 1.165) is 56.8 Å². The second-order valence-electron chi connectivity index (χ2n) is 7.16. The molecule has 0 unspecified atom stereocenters. The van der Waals surface area contributed by atoms with E-state index in [1.54, 1.807) is 6.07 Å². The van der Waals surface area contributed by atoms with Gasteiger partial charge in [0.05, 0.1) is 16.9 Å². The molecule has 1 aliphatic heterocycles. The molecule has 3 aromatic rings. The molecule has 1 amide bonds. The minimum Gasteiger partial charge on any atom is -0.431 e. The van der Waals surface area contributed by atoms with Crippen LogP contribution in [0, 0.1) is 0 Å². The monoisotopic (exact) mass is 429 g/mol. The number of nitrogens with two attached hydrogens (primary N) is 1. The van der Waals surface area contributed by atoms with Gasteiger partial charge in [0.1, 0.15) is 6.26 Å². The van der Waals surface area contributed by atoms with Crippen LogP contribution < -0.4 is 16.4 Å². The molecule has 158 valence electrons. The quantitative estimate of drug-likeness (QED) is 0.528. The summed E-state index contributed by atoms with van der Waals surface area (Å²) >= 11 is 6.25. The average molecular weight is 430 g/mol. The molecule has 1 aliphatic rings. The molecule has 4 rings (SSSR count). The molecule has 0 bridgehead atoms. The SMILES string of the molecule is Nc1nc(C(=O)Nc2cc(-c3cnn(CCCN4CCNCC4)c3)ccc2Cl)co1. The Hall–Kier alpha value is -2.88. The van der Waals surface area contributed by atoms with E-state index in [2.05, 4.69) is 25.6 Å². The Balaban J connectivity index is 1.39. The summed E-state index contributed by atoms with van der Waals surface area (Å²) < 4.78 is 6.82. The summed E-state index contributed by atoms with van der Waals surface area (Å²) in [7, 11) is 0. The van der Waals surface area contributed by atoms with E-state index in [-0.39, 0.29) is 11.7 Å². The number of hydrogen-bond donors (Lipinski definition) is 3. The van der Waals surface area contributed by atoms with Gasteiger partial charge in [-0.1, -0.05) is 17.7 Å². The molecule has 3 heterocycles. The van der Waals surface area contributed by atoms with Crippen molar-refractivity contribution in [2.45, 2.75) is 13.0 Å². The van der Waals surface area contributed by atoms with Gasteiger partial charge in [-0.05, 0) is 30.7 Å². The Bertz CT molecular complexity index is 1010. The fourth-order valence-corrected chi connectivity index (χ4v) is 3.57. The third kappa shape index (κ3) is 4.99. The molecule has 2 aromatic heterocycles. The lowest BCUT2D eigenvalue weighted by Crippen LogP contribution is -2.43. The molecule has 1 saturated heterocycles. The van der Waals surface area contributed by atoms with E-state index in [9.17, 15) is 4.79 Å². The molecule has 4 N–H and O–H groups in total. The van der Waals surface area contributed by atoms with Crippen molar-refractivity contribution in [3.05, 3.63) is 47.6 Å². The fraction of sp³-hybridized carbons (Fsp3) is 0.350. The van der Waals surface area contributed by atoms with Gasteiger partial charge >= 0.3 is 0 Å². The fourth-order valence-electron chi connectivity index (χ4n) is 3.40. The lowest BCUT2D eigenvalue weighted by Gasteiger charge is -2.26. The summed E-state index contributed by atoms with van der Waals surface area (Å²) in [6, 6.07) is 5.38. The largest absolute Gasteiger partial charge is 0.431 e. The van der Waals surface area contributed by atoms with Crippen molar-refractivity contribution in [1.29, 1.82) is 0 Å². The number of amides is 1. The maximum absolute atomic E-state index is 12.3. The molecule has 1 aromatic carbocycles. The van der Waals surface area contributed by atoms with Crippen LogP contribution in [0.5, 0.6) is 0 Å². The number of hydrogen-bond acceptors (Lipinski definition) is 7. The minimum absolute atomic E-state index is 0.0654. The number of nitrogens with one attached hydrogen (secondary N) is 2. The predicted octanol–water partition coefficient (Wildman–Crippen LogP) is 2.32. The Morgan fingerprint density at radius 1 is 1.27 bits per heavy atom. The number of halogens is 1. The van der Waals surface area contributed by atoms with Crippen LogP contribution in [0.4, 0.5) is 11.7 Å². The Labute approximate surface area is 179 Å². The number of oxazole rings is 1. The second kappa shape index (κ2) is 9.29. The van der Waals surface area contributed by atoms with Gasteiger partial charge in [-0.25, -0.2) is 0 Å². The van der Waals surface area contributed by atoms with Crippen molar-refractivity contribution in [3.63, 3.8) is 0 Å². The minimum atomic E-state index is -0.446. The Morgan fingerprint density at radius 3 is 2.87 bits per heavy atom. The van der Waals surface area contributed by atoms with Crippen molar-refractivity contribution < 1.29 is 9.21 Å². The summed E-state index contributed by atoms with van der Waals surface area (Å²) in [5.74, 6) is -0.446. The number of rotatable bonds is 7. The highest BCUT2D eigenvalue weighted by atomic mass is 35.5. The molecule has 1 fully saturated rings. The maximum atomic E-state index is 12.3. The predicted molar refractivity (Wildman–Crippen MR) is 115 cm³/mol. The summed E-state index contributed by atoms with van der Waals surface area (Å²) in [5, 5.41) is 11.0. The molecule has 0 aliphatic carbocycles. The molecule has 0 saturated carbocycles. The summed E-state index contributed by atoms with van der Waals surface area (Å²) in [5.41, 5.74) is 7.85. The molecule has 0 radical (unpaired) electrons. The standard InChI is InChI=1S/C20H24ClN7O2/c21-16-3-2-14(10-17(16)25-19(29)18-13-30-20(22)26-18)15-11-24-28(12-15)7-1-6-27-8-4-23-5-9-27/h2-3,10-13,23H,1,4-9H2,(H2,22,26)(H,25,29). The summed E-state index contributed by atoms with van der Waals surface area (Å²) in [4.78, 5) is 18.6. The second-order valence-corrected chi connectivity index (χ2v) is 7.56. The zero-order valence-corrected chi connectivity index (χ0v) is 17.2. The van der Waals surface area contributed by atoms with Crippen molar-refractivity contribution >= 4 is 29.2 Å². The molecular formula is C20H24ClN7O2. The smallest absolute Gasteiger partial charge is 0.292 e. The zero-order chi connectivity index (χ0) is 20.9. The first-order valence-corrected chi connectivity index (χ1v) is 10.2. The number of nitrogen functional groups attached to an aromatic ring is 1. The molecule has 9 nitrogen and oxygen atoms in total. The normalized spacial score (nSPS) is 14.7. The van der Waals surface area contributed by atoms with Crippen LogP contribution in [0.1, 0.15) is 16.9 Å². The first-order chi connectivity index (χ1) is 14.6. The molecule has 30 heavy (non-hydrogen) atoms. The van der Waals surface area contributed by atoms with E-state index in [4.69, 9.17) is 21.8 Å². The third-order valence-electron chi connectivity index (χ3n) is 5.01. The lowest BCUT2D eigenvalue weighted by atomic mass is 10.1. The average Bonchev–Trinajstić information content (AvgIpc) is 3.40. The van der Waals surface area contributed by atoms with Crippen LogP contribution in [-0.4, -0.2) is 58.3 Å². The molecular weight excluding hydrogens is 406 g/mol. The van der Waals surface area contributed by atoms with Gasteiger partial charge in [-0.2, -0.15) is 10.1 Å². The summed E-state index contributed by atoms with van der Waals surface area (Å²) in [6.45, 7) is 6.25. The van der Waals surface area contributed by atoms with Crippen molar-refractivity contribution in [1.82, 2.24) is 25.0 Å².